The van der Waals surface area contributed by atoms with Crippen LogP contribution in [0, 0.1) is 0 Å². The monoisotopic (exact) mass is 493 g/mol. The summed E-state index contributed by atoms with van der Waals surface area (Å²) in [5, 5.41) is 5.99. The fourth-order valence-electron chi connectivity index (χ4n) is 4.42. The molecular weight excluding hydrogens is 466 g/mol. The number of piperazine rings is 1. The number of carbonyl (C=O) groups is 1. The summed E-state index contributed by atoms with van der Waals surface area (Å²) in [6.45, 7) is 9.44. The Bertz CT molecular complexity index is 1360. The highest BCUT2D eigenvalue weighted by molar-refractivity contribution is 6.30. The smallest absolute Gasteiger partial charge is 0.410 e. The van der Waals surface area contributed by atoms with Crippen LogP contribution in [0.2, 0.25) is 5.02 Å². The first-order valence-corrected chi connectivity index (χ1v) is 12.0. The highest BCUT2D eigenvalue weighted by Crippen LogP contribution is 2.34. The molecule has 9 nitrogen and oxygen atoms in total. The first kappa shape index (κ1) is 23.2. The zero-order chi connectivity index (χ0) is 24.7. The zero-order valence-electron chi connectivity index (χ0n) is 20.2. The Morgan fingerprint density at radius 1 is 1.17 bits per heavy atom. The third-order valence-electron chi connectivity index (χ3n) is 5.94. The minimum absolute atomic E-state index is 0.0493. The minimum atomic E-state index is -0.533. The molecule has 0 spiro atoms. The molecule has 0 bridgehead atoms. The molecule has 3 aromatic heterocycles. The van der Waals surface area contributed by atoms with Crippen LogP contribution in [0.1, 0.15) is 27.7 Å². The van der Waals surface area contributed by atoms with Crippen molar-refractivity contribution in [1.29, 1.82) is 0 Å². The van der Waals surface area contributed by atoms with Gasteiger partial charge in [0.2, 0.25) is 0 Å². The molecule has 4 aromatic rings. The molecule has 182 valence electrons. The molecular formula is C25H28ClN7O2. The fraction of sp³-hybridized carbons (Fsp3) is 0.360. The van der Waals surface area contributed by atoms with Crippen molar-refractivity contribution in [1.82, 2.24) is 29.2 Å². The quantitative estimate of drug-likeness (QED) is 0.411. The summed E-state index contributed by atoms with van der Waals surface area (Å²) in [4.78, 5) is 26.0. The second-order valence-electron chi connectivity index (χ2n) is 9.68. The number of anilines is 1. The van der Waals surface area contributed by atoms with Crippen molar-refractivity contribution in [3.8, 4) is 11.4 Å². The second-order valence-corrected chi connectivity index (χ2v) is 10.1. The van der Waals surface area contributed by atoms with Gasteiger partial charge < -0.3 is 14.5 Å². The Kier molecular flexibility index (Phi) is 5.88. The summed E-state index contributed by atoms with van der Waals surface area (Å²) in [6, 6.07) is 9.48. The lowest BCUT2D eigenvalue weighted by atomic mass is 10.1. The summed E-state index contributed by atoms with van der Waals surface area (Å²) < 4.78 is 9.43. The molecule has 1 aliphatic rings. The van der Waals surface area contributed by atoms with E-state index in [2.05, 4.69) is 20.0 Å². The summed E-state index contributed by atoms with van der Waals surface area (Å²) >= 11 is 6.29. The van der Waals surface area contributed by atoms with Crippen LogP contribution in [0.3, 0.4) is 0 Å². The predicted octanol–water partition coefficient (Wildman–Crippen LogP) is 4.71. The van der Waals surface area contributed by atoms with Gasteiger partial charge in [-0.3, -0.25) is 4.57 Å². The maximum atomic E-state index is 12.7. The fourth-order valence-corrected chi connectivity index (χ4v) is 4.60. The third kappa shape index (κ3) is 4.55. The van der Waals surface area contributed by atoms with Crippen molar-refractivity contribution < 1.29 is 9.53 Å². The molecule has 0 N–H and O–H groups in total. The SMILES string of the molecule is C[C@@H]1CN(c2ncnc3c2c(-n2cccn2)cn3-c2cccc(Cl)c2)CCN1C(=O)OC(C)(C)C. The number of hydrogen-bond donors (Lipinski definition) is 0. The molecule has 4 heterocycles. The molecule has 5 rings (SSSR count). The van der Waals surface area contributed by atoms with Gasteiger partial charge in [-0.1, -0.05) is 17.7 Å². The van der Waals surface area contributed by atoms with Crippen molar-refractivity contribution in [2.75, 3.05) is 24.5 Å². The van der Waals surface area contributed by atoms with Crippen molar-refractivity contribution >= 4 is 34.5 Å². The maximum absolute atomic E-state index is 12.7. The first-order valence-electron chi connectivity index (χ1n) is 11.6. The van der Waals surface area contributed by atoms with Crippen LogP contribution in [-0.2, 0) is 4.74 Å². The summed E-state index contributed by atoms with van der Waals surface area (Å²) in [5.74, 6) is 0.803. The average Bonchev–Trinajstić information content (AvgIpc) is 3.45. The van der Waals surface area contributed by atoms with Gasteiger partial charge in [-0.2, -0.15) is 5.10 Å². The molecule has 1 aromatic carbocycles. The van der Waals surface area contributed by atoms with Gasteiger partial charge in [0.15, 0.2) is 5.65 Å². The Morgan fingerprint density at radius 2 is 2.00 bits per heavy atom. The molecule has 0 radical (unpaired) electrons. The number of halogens is 1. The van der Waals surface area contributed by atoms with Gasteiger partial charge in [0.25, 0.3) is 0 Å². The lowest BCUT2D eigenvalue weighted by molar-refractivity contribution is 0.0159. The number of benzene rings is 1. The van der Waals surface area contributed by atoms with Crippen molar-refractivity contribution in [2.45, 2.75) is 39.3 Å². The van der Waals surface area contributed by atoms with E-state index in [1.807, 2.05) is 79.7 Å². The molecule has 1 fully saturated rings. The highest BCUT2D eigenvalue weighted by atomic mass is 35.5. The Balaban J connectivity index is 1.55. The number of carbonyl (C=O) groups excluding carboxylic acids is 1. The van der Waals surface area contributed by atoms with Crippen LogP contribution in [0.5, 0.6) is 0 Å². The molecule has 0 aliphatic carbocycles. The van der Waals surface area contributed by atoms with Gasteiger partial charge in [-0.15, -0.1) is 0 Å². The third-order valence-corrected chi connectivity index (χ3v) is 6.17. The number of hydrogen-bond acceptors (Lipinski definition) is 6. The molecule has 1 saturated heterocycles. The summed E-state index contributed by atoms with van der Waals surface area (Å²) in [6.07, 6.45) is 6.94. The van der Waals surface area contributed by atoms with Crippen LogP contribution >= 0.6 is 11.6 Å². The largest absolute Gasteiger partial charge is 0.444 e. The van der Waals surface area contributed by atoms with E-state index in [1.54, 1.807) is 17.4 Å². The molecule has 35 heavy (non-hydrogen) atoms. The Hall–Kier alpha value is -3.59. The number of nitrogens with zero attached hydrogens (tertiary/aromatic N) is 7. The Labute approximate surface area is 208 Å². The number of rotatable bonds is 3. The van der Waals surface area contributed by atoms with E-state index >= 15 is 0 Å². The van der Waals surface area contributed by atoms with Gasteiger partial charge in [-0.25, -0.2) is 19.4 Å². The lowest BCUT2D eigenvalue weighted by Crippen LogP contribution is -2.55. The van der Waals surface area contributed by atoms with Crippen molar-refractivity contribution in [2.24, 2.45) is 0 Å². The van der Waals surface area contributed by atoms with Crippen molar-refractivity contribution in [3.05, 3.63) is 60.3 Å². The zero-order valence-corrected chi connectivity index (χ0v) is 21.0. The molecule has 10 heteroatoms. The van der Waals surface area contributed by atoms with Crippen LogP contribution in [-0.4, -0.2) is 66.6 Å². The Morgan fingerprint density at radius 3 is 2.69 bits per heavy atom. The van der Waals surface area contributed by atoms with E-state index in [9.17, 15) is 4.79 Å². The van der Waals surface area contributed by atoms with Gasteiger partial charge in [0.05, 0.1) is 11.1 Å². The molecule has 0 saturated carbocycles. The normalized spacial score (nSPS) is 16.7. The van der Waals surface area contributed by atoms with E-state index < -0.39 is 5.60 Å². The maximum Gasteiger partial charge on any atom is 0.410 e. The first-order chi connectivity index (χ1) is 16.7. The molecule has 1 atom stereocenters. The van der Waals surface area contributed by atoms with Gasteiger partial charge >= 0.3 is 6.09 Å². The molecule has 1 amide bonds. The van der Waals surface area contributed by atoms with Crippen LogP contribution < -0.4 is 4.90 Å². The summed E-state index contributed by atoms with van der Waals surface area (Å²) in [5.41, 5.74) is 1.98. The van der Waals surface area contributed by atoms with E-state index in [1.165, 1.54) is 0 Å². The van der Waals surface area contributed by atoms with Crippen LogP contribution in [0.15, 0.2) is 55.2 Å². The summed E-state index contributed by atoms with van der Waals surface area (Å²) in [7, 11) is 0. The van der Waals surface area contributed by atoms with Crippen molar-refractivity contribution in [3.63, 3.8) is 0 Å². The van der Waals surface area contributed by atoms with E-state index in [4.69, 9.17) is 16.3 Å². The standard InChI is InChI=1S/C25H28ClN7O2/c1-17-14-30(11-12-31(17)24(34)35-25(2,3)4)22-21-20(33-10-6-9-29-33)15-32(23(21)28-16-27-22)19-8-5-7-18(26)13-19/h5-10,13,15-17H,11-12,14H2,1-4H3/t17-/m1/s1. The van der Waals surface area contributed by atoms with Crippen LogP contribution in [0.25, 0.3) is 22.4 Å². The number of aromatic nitrogens is 5. The molecule has 1 aliphatic heterocycles. The highest BCUT2D eigenvalue weighted by Gasteiger charge is 2.32. The lowest BCUT2D eigenvalue weighted by Gasteiger charge is -2.40. The van der Waals surface area contributed by atoms with E-state index in [-0.39, 0.29) is 12.1 Å². The van der Waals surface area contributed by atoms with Gasteiger partial charge in [-0.05, 0) is 52.0 Å². The molecule has 0 unspecified atom stereocenters. The van der Waals surface area contributed by atoms with Crippen LogP contribution in [0.4, 0.5) is 10.6 Å². The minimum Gasteiger partial charge on any atom is -0.444 e. The van der Waals surface area contributed by atoms with E-state index in [0.29, 0.717) is 24.7 Å². The number of amides is 1. The number of fused-ring (bicyclic) bond motifs is 1. The average molecular weight is 494 g/mol. The topological polar surface area (TPSA) is 81.3 Å². The predicted molar refractivity (Wildman–Crippen MR) is 136 cm³/mol. The van der Waals surface area contributed by atoms with Gasteiger partial charge in [0, 0.05) is 55.0 Å². The number of ether oxygens (including phenoxy) is 1. The van der Waals surface area contributed by atoms with E-state index in [0.717, 1.165) is 28.2 Å². The second kappa shape index (κ2) is 8.88. The van der Waals surface area contributed by atoms with Gasteiger partial charge in [0.1, 0.15) is 17.7 Å².